The zero-order chi connectivity index (χ0) is 24.7. The van der Waals surface area contributed by atoms with Crippen LogP contribution in [0.1, 0.15) is 6.23 Å². The second-order valence-electron chi connectivity index (χ2n) is 6.49. The molecule has 6 N–H and O–H groups in total. The van der Waals surface area contributed by atoms with Gasteiger partial charge in [-0.15, -0.1) is 11.8 Å². The third-order valence-electron chi connectivity index (χ3n) is 4.13. The van der Waals surface area contributed by atoms with Crippen molar-refractivity contribution in [3.8, 4) is 11.5 Å². The molecule has 1 fully saturated rings. The number of anilines is 1. The topological polar surface area (TPSA) is 252 Å². The summed E-state index contributed by atoms with van der Waals surface area (Å²) in [5, 5.41) is 0.482. The highest BCUT2D eigenvalue weighted by molar-refractivity contribution is 8.00. The minimum absolute atomic E-state index is 0.187. The molecule has 1 saturated heterocycles. The van der Waals surface area contributed by atoms with Crippen molar-refractivity contribution in [2.45, 2.75) is 11.7 Å². The Morgan fingerprint density at radius 1 is 1.15 bits per heavy atom. The Hall–Kier alpha value is -1.65. The molecule has 0 aliphatic carbocycles. The number of nitrogens with two attached hydrogens (primary N) is 1. The molecule has 0 spiro atoms. The van der Waals surface area contributed by atoms with Gasteiger partial charge in [-0.1, -0.05) is 0 Å². The summed E-state index contributed by atoms with van der Waals surface area (Å²) in [5.74, 6) is 0.801. The van der Waals surface area contributed by atoms with E-state index in [1.807, 2.05) is 0 Å². The molecule has 186 valence electrons. The number of phosphoric acid groups is 3. The van der Waals surface area contributed by atoms with Crippen LogP contribution in [0, 0.1) is 0 Å². The molecule has 21 heteroatoms. The van der Waals surface area contributed by atoms with E-state index in [0.29, 0.717) is 22.3 Å². The second-order valence-corrected chi connectivity index (χ2v) is 12.1. The van der Waals surface area contributed by atoms with Crippen LogP contribution in [-0.4, -0.2) is 56.9 Å². The molecule has 4 rings (SSSR count). The molecule has 0 saturated carbocycles. The Balaban J connectivity index is 1.45. The van der Waals surface area contributed by atoms with Gasteiger partial charge in [-0.05, 0) is 0 Å². The van der Waals surface area contributed by atoms with Gasteiger partial charge in [0.05, 0.1) is 23.8 Å². The van der Waals surface area contributed by atoms with Crippen LogP contribution in [0.5, 0.6) is 0 Å². The second kappa shape index (κ2) is 9.43. The molecule has 1 aliphatic rings. The first-order valence-electron chi connectivity index (χ1n) is 8.90. The summed E-state index contributed by atoms with van der Waals surface area (Å²) < 4.78 is 58.7. The largest absolute Gasteiger partial charge is 0.490 e. The molecule has 0 aromatic carbocycles. The van der Waals surface area contributed by atoms with Gasteiger partial charge < -0.3 is 39.0 Å². The van der Waals surface area contributed by atoms with Gasteiger partial charge in [0.2, 0.25) is 5.89 Å². The first-order valence-corrected chi connectivity index (χ1v) is 14.5. The molecule has 0 bridgehead atoms. The SMILES string of the molecule is Nc1ncnc2c1c(-c1ncco1)cn2[C@H]1CS[C@@H](COP(=O)(O)OP(=O)(O)OP(=O)(O)O)O1. The lowest BCUT2D eigenvalue weighted by Gasteiger charge is -2.18. The Labute approximate surface area is 193 Å². The number of nitrogens with zero attached hydrogens (tertiary/aromatic N) is 4. The van der Waals surface area contributed by atoms with Crippen molar-refractivity contribution < 1.29 is 55.6 Å². The van der Waals surface area contributed by atoms with Crippen molar-refractivity contribution in [2.75, 3.05) is 18.1 Å². The summed E-state index contributed by atoms with van der Waals surface area (Å²) in [6.07, 6.45) is 5.12. The van der Waals surface area contributed by atoms with E-state index < -0.39 is 41.7 Å². The van der Waals surface area contributed by atoms with Gasteiger partial charge in [-0.3, -0.25) is 4.52 Å². The number of ether oxygens (including phenoxy) is 1. The molecule has 4 heterocycles. The number of hydrogen-bond acceptors (Lipinski definition) is 13. The van der Waals surface area contributed by atoms with Crippen LogP contribution >= 0.6 is 35.2 Å². The number of rotatable bonds is 9. The molecule has 0 amide bonds. The minimum Gasteiger partial charge on any atom is -0.444 e. The molecule has 4 atom stereocenters. The van der Waals surface area contributed by atoms with Crippen molar-refractivity contribution in [1.82, 2.24) is 19.5 Å². The van der Waals surface area contributed by atoms with Crippen LogP contribution in [-0.2, 0) is 31.6 Å². The normalized spacial score (nSPS) is 22.6. The van der Waals surface area contributed by atoms with Gasteiger partial charge in [0.1, 0.15) is 35.7 Å². The summed E-state index contributed by atoms with van der Waals surface area (Å²) in [4.78, 5) is 48.2. The maximum absolute atomic E-state index is 11.9. The molecule has 3 aromatic rings. The molecule has 1 aliphatic heterocycles. The van der Waals surface area contributed by atoms with Gasteiger partial charge in [0.15, 0.2) is 0 Å². The van der Waals surface area contributed by atoms with E-state index in [9.17, 15) is 23.5 Å². The van der Waals surface area contributed by atoms with E-state index in [2.05, 4.69) is 28.1 Å². The summed E-state index contributed by atoms with van der Waals surface area (Å²) in [6.45, 7) is -0.590. The Morgan fingerprint density at radius 3 is 2.59 bits per heavy atom. The summed E-state index contributed by atoms with van der Waals surface area (Å²) in [6, 6.07) is 0. The van der Waals surface area contributed by atoms with Crippen molar-refractivity contribution in [3.05, 3.63) is 25.0 Å². The number of fused-ring (bicyclic) bond motifs is 1. The van der Waals surface area contributed by atoms with Crippen molar-refractivity contribution in [1.29, 1.82) is 0 Å². The number of aromatic nitrogens is 4. The first-order chi connectivity index (χ1) is 15.8. The molecule has 0 radical (unpaired) electrons. The molecule has 17 nitrogen and oxygen atoms in total. The van der Waals surface area contributed by atoms with Gasteiger partial charge in [0.25, 0.3) is 0 Å². The average molecular weight is 559 g/mol. The predicted molar refractivity (Wildman–Crippen MR) is 114 cm³/mol. The van der Waals surface area contributed by atoms with E-state index in [1.165, 1.54) is 30.5 Å². The highest BCUT2D eigenvalue weighted by Crippen LogP contribution is 2.66. The van der Waals surface area contributed by atoms with Crippen LogP contribution in [0.4, 0.5) is 5.82 Å². The fourth-order valence-corrected chi connectivity index (χ4v) is 7.09. The fraction of sp³-hybridized carbons (Fsp3) is 0.308. The molecular weight excluding hydrogens is 543 g/mol. The quantitative estimate of drug-likeness (QED) is 0.233. The fourth-order valence-electron chi connectivity index (χ4n) is 2.98. The van der Waals surface area contributed by atoms with Crippen LogP contribution < -0.4 is 5.73 Å². The molecule has 3 aromatic heterocycles. The lowest BCUT2D eigenvalue weighted by molar-refractivity contribution is -0.00190. The van der Waals surface area contributed by atoms with E-state index in [1.54, 1.807) is 10.8 Å². The zero-order valence-electron chi connectivity index (χ0n) is 16.5. The maximum atomic E-state index is 11.9. The Kier molecular flexibility index (Phi) is 7.05. The third kappa shape index (κ3) is 5.94. The number of phosphoric ester groups is 1. The lowest BCUT2D eigenvalue weighted by atomic mass is 10.2. The minimum atomic E-state index is -5.60. The number of hydrogen-bond donors (Lipinski definition) is 5. The van der Waals surface area contributed by atoms with E-state index >= 15 is 0 Å². The monoisotopic (exact) mass is 559 g/mol. The van der Waals surface area contributed by atoms with Crippen LogP contribution in [0.3, 0.4) is 0 Å². The summed E-state index contributed by atoms with van der Waals surface area (Å²) in [5.41, 5.74) is 6.11. The van der Waals surface area contributed by atoms with E-state index in [4.69, 9.17) is 24.7 Å². The summed E-state index contributed by atoms with van der Waals surface area (Å²) in [7, 11) is -16.3. The average Bonchev–Trinajstić information content (AvgIpc) is 3.43. The maximum Gasteiger partial charge on any atom is 0.490 e. The summed E-state index contributed by atoms with van der Waals surface area (Å²) >= 11 is 1.18. The molecule has 34 heavy (non-hydrogen) atoms. The Morgan fingerprint density at radius 2 is 1.91 bits per heavy atom. The Bertz CT molecular complexity index is 1330. The first kappa shape index (κ1) is 25.4. The van der Waals surface area contributed by atoms with Crippen molar-refractivity contribution >= 4 is 52.1 Å². The van der Waals surface area contributed by atoms with E-state index in [-0.39, 0.29) is 11.7 Å². The van der Waals surface area contributed by atoms with Crippen LogP contribution in [0.2, 0.25) is 0 Å². The highest BCUT2D eigenvalue weighted by atomic mass is 32.2. The predicted octanol–water partition coefficient (Wildman–Crippen LogP) is 1.60. The number of thioether (sulfide) groups is 1. The third-order valence-corrected chi connectivity index (χ3v) is 9.03. The molecule has 2 unspecified atom stereocenters. The van der Waals surface area contributed by atoms with Crippen LogP contribution in [0.25, 0.3) is 22.5 Å². The van der Waals surface area contributed by atoms with Crippen molar-refractivity contribution in [3.63, 3.8) is 0 Å². The number of nitrogen functional groups attached to an aromatic ring is 1. The number of oxazole rings is 1. The zero-order valence-corrected chi connectivity index (χ0v) is 20.0. The van der Waals surface area contributed by atoms with Crippen LogP contribution in [0.15, 0.2) is 29.4 Å². The standard InChI is InChI=1S/C13H16N5O12P3S/c14-11-10-7(13-15-1-2-26-13)3-18(12(10)17-6-16-11)8-5-34-9(28-8)4-27-32(22,23)30-33(24,25)29-31(19,20)21/h1-3,6,8-9H,4-5H2,(H,22,23)(H,24,25)(H2,14,16,17)(H2,19,20,21)/t8-,9+/m1/s1. The van der Waals surface area contributed by atoms with Gasteiger partial charge in [-0.25, -0.2) is 28.6 Å². The van der Waals surface area contributed by atoms with E-state index in [0.717, 1.165) is 0 Å². The van der Waals surface area contributed by atoms with Gasteiger partial charge >= 0.3 is 23.5 Å². The molecular formula is C13H16N5O12P3S. The lowest BCUT2D eigenvalue weighted by Crippen LogP contribution is -2.15. The van der Waals surface area contributed by atoms with Crippen molar-refractivity contribution in [2.24, 2.45) is 0 Å². The highest BCUT2D eigenvalue weighted by Gasteiger charge is 2.41. The smallest absolute Gasteiger partial charge is 0.444 e. The van der Waals surface area contributed by atoms with Gasteiger partial charge in [-0.2, -0.15) is 8.62 Å². The van der Waals surface area contributed by atoms with Gasteiger partial charge in [0, 0.05) is 11.9 Å².